The summed E-state index contributed by atoms with van der Waals surface area (Å²) < 4.78 is 15.0. The van der Waals surface area contributed by atoms with Crippen molar-refractivity contribution in [2.45, 2.75) is 42.6 Å². The highest BCUT2D eigenvalue weighted by molar-refractivity contribution is 7.98. The third kappa shape index (κ3) is 4.85. The summed E-state index contributed by atoms with van der Waals surface area (Å²) in [6.07, 6.45) is 6.45. The fourth-order valence-electron chi connectivity index (χ4n) is 3.53. The molecule has 1 aliphatic carbocycles. The van der Waals surface area contributed by atoms with Crippen LogP contribution in [0.1, 0.15) is 35.7 Å². The number of halogens is 1. The first-order chi connectivity index (χ1) is 14.0. The van der Waals surface area contributed by atoms with Crippen molar-refractivity contribution in [1.29, 1.82) is 0 Å². The summed E-state index contributed by atoms with van der Waals surface area (Å²) in [6.45, 7) is 7.37. The zero-order valence-electron chi connectivity index (χ0n) is 16.2. The van der Waals surface area contributed by atoms with Gasteiger partial charge in [0.15, 0.2) is 5.16 Å². The van der Waals surface area contributed by atoms with E-state index in [0.29, 0.717) is 23.9 Å². The molecule has 0 saturated carbocycles. The van der Waals surface area contributed by atoms with Crippen molar-refractivity contribution in [3.8, 4) is 0 Å². The monoisotopic (exact) mass is 413 g/mol. The number of nitrogens with one attached hydrogen (secondary N) is 1. The molecule has 7 heteroatoms. The molecule has 0 radical (unpaired) electrons. The Kier molecular flexibility index (Phi) is 7.04. The lowest BCUT2D eigenvalue weighted by Crippen LogP contribution is -2.28. The number of benzene rings is 1. The zero-order chi connectivity index (χ0) is 20.8. The maximum Gasteiger partial charge on any atom is 0.277 e. The summed E-state index contributed by atoms with van der Waals surface area (Å²) >= 11 is 1.42. The number of nitrogens with zero attached hydrogens (tertiary/aromatic N) is 2. The summed E-state index contributed by atoms with van der Waals surface area (Å²) in [6, 6.07) is 5.99. The van der Waals surface area contributed by atoms with Gasteiger partial charge in [-0.2, -0.15) is 4.98 Å². The largest absolute Gasteiger partial charge is 0.354 e. The highest BCUT2D eigenvalue weighted by Gasteiger charge is 2.32. The van der Waals surface area contributed by atoms with Gasteiger partial charge in [-0.3, -0.25) is 9.59 Å². The molecule has 1 aliphatic heterocycles. The van der Waals surface area contributed by atoms with Crippen molar-refractivity contribution in [3.05, 3.63) is 82.6 Å². The van der Waals surface area contributed by atoms with Gasteiger partial charge < -0.3 is 9.88 Å². The normalized spacial score (nSPS) is 17.1. The average molecular weight is 414 g/mol. The van der Waals surface area contributed by atoms with Gasteiger partial charge in [-0.15, -0.1) is 0 Å². The Bertz CT molecular complexity index is 963. The minimum Gasteiger partial charge on any atom is -0.354 e. The Balaban J connectivity index is 0.000000552. The van der Waals surface area contributed by atoms with Crippen LogP contribution in [0, 0.1) is 5.82 Å². The van der Waals surface area contributed by atoms with Gasteiger partial charge in [0.05, 0.1) is 0 Å². The number of hydrogen-bond donors (Lipinski definition) is 1. The number of hydrogen-bond acceptors (Lipinski definition) is 4. The van der Waals surface area contributed by atoms with E-state index in [-0.39, 0.29) is 23.3 Å². The molecule has 5 nitrogen and oxygen atoms in total. The highest BCUT2D eigenvalue weighted by Crippen LogP contribution is 2.31. The first-order valence-corrected chi connectivity index (χ1v) is 10.6. The van der Waals surface area contributed by atoms with Crippen LogP contribution < -0.4 is 10.9 Å². The minimum absolute atomic E-state index is 0.0109. The van der Waals surface area contributed by atoms with Crippen molar-refractivity contribution in [3.63, 3.8) is 0 Å². The van der Waals surface area contributed by atoms with Crippen LogP contribution in [-0.2, 0) is 23.4 Å². The fourth-order valence-corrected chi connectivity index (χ4v) is 4.54. The predicted molar refractivity (Wildman–Crippen MR) is 114 cm³/mol. The van der Waals surface area contributed by atoms with Crippen LogP contribution in [0.4, 0.5) is 4.39 Å². The van der Waals surface area contributed by atoms with Crippen LogP contribution in [0.5, 0.6) is 0 Å². The summed E-state index contributed by atoms with van der Waals surface area (Å²) in [5.41, 5.74) is 2.49. The molecular formula is C22H24FN3O2S. The number of amides is 1. The maximum atomic E-state index is 13.1. The summed E-state index contributed by atoms with van der Waals surface area (Å²) in [5.74, 6) is 0.284. The van der Waals surface area contributed by atoms with Gasteiger partial charge in [-0.25, -0.2) is 4.39 Å². The lowest BCUT2D eigenvalue weighted by atomic mass is 10.2. The standard InChI is InChI=1S/C18H18FN3O2S.C4H6/c19-12-6-4-11(5-7-12)10-25-18-21-16(23)13-2-1-3-14(13)22(18)15-8-9-20-17(15)24;1-3-4-2/h4-7,15H,1-3,8-10H2,(H,20,24);3-4H,1-2H2. The molecule has 1 aromatic heterocycles. The van der Waals surface area contributed by atoms with E-state index in [1.54, 1.807) is 24.3 Å². The summed E-state index contributed by atoms with van der Waals surface area (Å²) in [4.78, 5) is 28.9. The molecule has 2 aliphatic rings. The third-order valence-electron chi connectivity index (χ3n) is 4.92. The average Bonchev–Trinajstić information content (AvgIpc) is 3.38. The van der Waals surface area contributed by atoms with Gasteiger partial charge in [-0.1, -0.05) is 49.2 Å². The molecule has 1 saturated heterocycles. The van der Waals surface area contributed by atoms with E-state index in [0.717, 1.165) is 36.1 Å². The number of rotatable bonds is 5. The molecule has 0 bridgehead atoms. The van der Waals surface area contributed by atoms with Crippen molar-refractivity contribution >= 4 is 17.7 Å². The molecule has 1 N–H and O–H groups in total. The van der Waals surface area contributed by atoms with Crippen LogP contribution >= 0.6 is 11.8 Å². The van der Waals surface area contributed by atoms with Gasteiger partial charge in [0.25, 0.3) is 5.56 Å². The molecular weight excluding hydrogens is 389 g/mol. The summed E-state index contributed by atoms with van der Waals surface area (Å²) in [5, 5.41) is 3.45. The van der Waals surface area contributed by atoms with E-state index in [1.165, 1.54) is 23.9 Å². The van der Waals surface area contributed by atoms with Crippen LogP contribution in [0.15, 0.2) is 59.5 Å². The SMILES string of the molecule is C=CC=C.O=C1NCCC1n1c(SCc2ccc(F)cc2)nc(=O)c2c1CCC2. The van der Waals surface area contributed by atoms with Crippen LogP contribution in [0.2, 0.25) is 0 Å². The molecule has 0 spiro atoms. The van der Waals surface area contributed by atoms with Crippen LogP contribution in [0.25, 0.3) is 0 Å². The number of fused-ring (bicyclic) bond motifs is 1. The molecule has 2 heterocycles. The Morgan fingerprint density at radius 2 is 1.93 bits per heavy atom. The molecule has 152 valence electrons. The van der Waals surface area contributed by atoms with Crippen molar-refractivity contribution in [2.75, 3.05) is 6.54 Å². The number of carbonyl (C=O) groups excluding carboxylic acids is 1. The van der Waals surface area contributed by atoms with E-state index < -0.39 is 0 Å². The Morgan fingerprint density at radius 3 is 2.55 bits per heavy atom. The zero-order valence-corrected chi connectivity index (χ0v) is 17.0. The minimum atomic E-state index is -0.296. The Labute approximate surface area is 173 Å². The number of carbonyl (C=O) groups is 1. The van der Waals surface area contributed by atoms with Gasteiger partial charge in [0.1, 0.15) is 11.9 Å². The molecule has 1 unspecified atom stereocenters. The predicted octanol–water partition coefficient (Wildman–Crippen LogP) is 3.58. The number of thioether (sulfide) groups is 1. The van der Waals surface area contributed by atoms with Crippen LogP contribution in [0.3, 0.4) is 0 Å². The van der Waals surface area contributed by atoms with E-state index in [9.17, 15) is 14.0 Å². The molecule has 2 aromatic rings. The second-order valence-electron chi connectivity index (χ2n) is 6.83. The molecule has 1 fully saturated rings. The lowest BCUT2D eigenvalue weighted by Gasteiger charge is -2.21. The fraction of sp³-hybridized carbons (Fsp3) is 0.318. The second-order valence-corrected chi connectivity index (χ2v) is 7.77. The molecule has 1 aromatic carbocycles. The van der Waals surface area contributed by atoms with Gasteiger partial charge in [0.2, 0.25) is 5.91 Å². The van der Waals surface area contributed by atoms with Gasteiger partial charge in [0, 0.05) is 23.6 Å². The van der Waals surface area contributed by atoms with E-state index in [2.05, 4.69) is 23.5 Å². The molecule has 29 heavy (non-hydrogen) atoms. The van der Waals surface area contributed by atoms with E-state index >= 15 is 0 Å². The number of aromatic nitrogens is 2. The first kappa shape index (κ1) is 21.0. The number of allylic oxidation sites excluding steroid dienone is 2. The highest BCUT2D eigenvalue weighted by atomic mass is 32.2. The van der Waals surface area contributed by atoms with Gasteiger partial charge in [-0.05, 0) is 43.4 Å². The molecule has 4 rings (SSSR count). The Morgan fingerprint density at radius 1 is 1.21 bits per heavy atom. The third-order valence-corrected chi connectivity index (χ3v) is 5.94. The van der Waals surface area contributed by atoms with Crippen molar-refractivity contribution < 1.29 is 9.18 Å². The topological polar surface area (TPSA) is 64.0 Å². The van der Waals surface area contributed by atoms with Crippen LogP contribution in [-0.4, -0.2) is 22.0 Å². The molecule has 1 amide bonds. The van der Waals surface area contributed by atoms with Gasteiger partial charge >= 0.3 is 0 Å². The smallest absolute Gasteiger partial charge is 0.277 e. The van der Waals surface area contributed by atoms with Crippen molar-refractivity contribution in [1.82, 2.24) is 14.9 Å². The Hall–Kier alpha value is -2.67. The van der Waals surface area contributed by atoms with E-state index in [1.807, 2.05) is 4.57 Å². The lowest BCUT2D eigenvalue weighted by molar-refractivity contribution is -0.122. The van der Waals surface area contributed by atoms with E-state index in [4.69, 9.17) is 0 Å². The first-order valence-electron chi connectivity index (χ1n) is 9.57. The van der Waals surface area contributed by atoms with Crippen molar-refractivity contribution in [2.24, 2.45) is 0 Å². The molecule has 1 atom stereocenters. The quantitative estimate of drug-likeness (QED) is 0.462. The second kappa shape index (κ2) is 9.69. The summed E-state index contributed by atoms with van der Waals surface area (Å²) in [7, 11) is 0. The maximum absolute atomic E-state index is 13.1.